The number of rotatable bonds is 6. The zero-order valence-corrected chi connectivity index (χ0v) is 8.76. The van der Waals surface area contributed by atoms with Gasteiger partial charge in [0.2, 0.25) is 0 Å². The molecule has 0 atom stereocenters. The Morgan fingerprint density at radius 3 is 2.62 bits per heavy atom. The summed E-state index contributed by atoms with van der Waals surface area (Å²) in [7, 11) is 1.66. The van der Waals surface area contributed by atoms with Crippen LogP contribution >= 0.6 is 0 Å². The van der Waals surface area contributed by atoms with Crippen molar-refractivity contribution in [3.05, 3.63) is 36.3 Å². The average molecular weight is 181 g/mol. The van der Waals surface area contributed by atoms with Crippen molar-refractivity contribution in [2.45, 2.75) is 20.3 Å². The number of nitrogens with one attached hydrogen (secondary N) is 1. The Balaban J connectivity index is 4.13. The van der Waals surface area contributed by atoms with E-state index >= 15 is 0 Å². The van der Waals surface area contributed by atoms with Crippen LogP contribution in [0, 0.1) is 0 Å². The van der Waals surface area contributed by atoms with Crippen molar-refractivity contribution in [3.63, 3.8) is 0 Å². The van der Waals surface area contributed by atoms with Crippen LogP contribution in [-0.2, 0) is 4.74 Å². The summed E-state index contributed by atoms with van der Waals surface area (Å²) in [6, 6.07) is 0. The van der Waals surface area contributed by atoms with Gasteiger partial charge in [-0.25, -0.2) is 0 Å². The SMILES string of the molecule is C=C/C(=C\C=C(/C)OC)NCCC. The second kappa shape index (κ2) is 7.47. The molecule has 0 aliphatic carbocycles. The molecule has 13 heavy (non-hydrogen) atoms. The van der Waals surface area contributed by atoms with Crippen LogP contribution in [0.5, 0.6) is 0 Å². The maximum atomic E-state index is 5.00. The van der Waals surface area contributed by atoms with E-state index in [0.717, 1.165) is 24.4 Å². The third kappa shape index (κ3) is 6.02. The highest BCUT2D eigenvalue weighted by atomic mass is 16.5. The summed E-state index contributed by atoms with van der Waals surface area (Å²) in [6.07, 6.45) is 6.79. The van der Waals surface area contributed by atoms with E-state index in [1.165, 1.54) is 0 Å². The third-order valence-electron chi connectivity index (χ3n) is 1.62. The summed E-state index contributed by atoms with van der Waals surface area (Å²) in [6.45, 7) is 8.73. The molecule has 0 aliphatic rings. The van der Waals surface area contributed by atoms with Crippen LogP contribution < -0.4 is 5.32 Å². The molecular formula is C11H19NO. The van der Waals surface area contributed by atoms with Crippen molar-refractivity contribution in [1.82, 2.24) is 5.32 Å². The van der Waals surface area contributed by atoms with E-state index in [0.29, 0.717) is 0 Å². The molecule has 0 radical (unpaired) electrons. The maximum Gasteiger partial charge on any atom is 0.0925 e. The van der Waals surface area contributed by atoms with Gasteiger partial charge in [0, 0.05) is 12.2 Å². The molecule has 0 bridgehead atoms. The highest BCUT2D eigenvalue weighted by molar-refractivity contribution is 5.21. The molecule has 0 heterocycles. The van der Waals surface area contributed by atoms with Crippen LogP contribution in [0.2, 0.25) is 0 Å². The lowest BCUT2D eigenvalue weighted by Gasteiger charge is -2.03. The Hall–Kier alpha value is -1.18. The monoisotopic (exact) mass is 181 g/mol. The Morgan fingerprint density at radius 2 is 2.15 bits per heavy atom. The second-order valence-electron chi connectivity index (χ2n) is 2.73. The minimum atomic E-state index is 0.887. The topological polar surface area (TPSA) is 21.3 Å². The molecular weight excluding hydrogens is 162 g/mol. The van der Waals surface area contributed by atoms with Gasteiger partial charge in [-0.1, -0.05) is 13.5 Å². The van der Waals surface area contributed by atoms with Gasteiger partial charge >= 0.3 is 0 Å². The number of methoxy groups -OCH3 is 1. The highest BCUT2D eigenvalue weighted by Gasteiger charge is 1.87. The summed E-state index contributed by atoms with van der Waals surface area (Å²) in [5, 5.41) is 3.24. The van der Waals surface area contributed by atoms with E-state index in [2.05, 4.69) is 18.8 Å². The van der Waals surface area contributed by atoms with Crippen molar-refractivity contribution in [2.24, 2.45) is 0 Å². The van der Waals surface area contributed by atoms with Crippen LogP contribution in [0.4, 0.5) is 0 Å². The summed E-state index contributed by atoms with van der Waals surface area (Å²) in [5.74, 6) is 0.887. The van der Waals surface area contributed by atoms with E-state index in [-0.39, 0.29) is 0 Å². The van der Waals surface area contributed by atoms with E-state index in [9.17, 15) is 0 Å². The molecule has 1 N–H and O–H groups in total. The molecule has 0 aliphatic heterocycles. The number of ether oxygens (including phenoxy) is 1. The summed E-state index contributed by atoms with van der Waals surface area (Å²) in [5.41, 5.74) is 1.03. The first-order valence-corrected chi connectivity index (χ1v) is 4.53. The summed E-state index contributed by atoms with van der Waals surface area (Å²) in [4.78, 5) is 0. The first-order chi connectivity index (χ1) is 6.24. The van der Waals surface area contributed by atoms with Gasteiger partial charge in [0.05, 0.1) is 12.9 Å². The van der Waals surface area contributed by atoms with Gasteiger partial charge in [0.15, 0.2) is 0 Å². The van der Waals surface area contributed by atoms with E-state index in [1.54, 1.807) is 13.2 Å². The number of hydrogen-bond acceptors (Lipinski definition) is 2. The highest BCUT2D eigenvalue weighted by Crippen LogP contribution is 1.97. The zero-order chi connectivity index (χ0) is 10.1. The van der Waals surface area contributed by atoms with E-state index < -0.39 is 0 Å². The Morgan fingerprint density at radius 1 is 1.46 bits per heavy atom. The molecule has 0 rings (SSSR count). The van der Waals surface area contributed by atoms with Crippen molar-refractivity contribution >= 4 is 0 Å². The van der Waals surface area contributed by atoms with Gasteiger partial charge < -0.3 is 10.1 Å². The minimum Gasteiger partial charge on any atom is -0.501 e. The van der Waals surface area contributed by atoms with Crippen LogP contribution in [0.1, 0.15) is 20.3 Å². The molecule has 2 heteroatoms. The summed E-state index contributed by atoms with van der Waals surface area (Å²) >= 11 is 0. The lowest BCUT2D eigenvalue weighted by Crippen LogP contribution is -2.11. The molecule has 0 aromatic heterocycles. The lowest BCUT2D eigenvalue weighted by molar-refractivity contribution is 0.293. The lowest BCUT2D eigenvalue weighted by atomic mass is 10.3. The Bertz CT molecular complexity index is 204. The first-order valence-electron chi connectivity index (χ1n) is 4.53. The fourth-order valence-corrected chi connectivity index (χ4v) is 0.744. The predicted octanol–water partition coefficient (Wildman–Crippen LogP) is 2.61. The smallest absolute Gasteiger partial charge is 0.0925 e. The summed E-state index contributed by atoms with van der Waals surface area (Å²) < 4.78 is 5.00. The molecule has 0 amide bonds. The van der Waals surface area contributed by atoms with E-state index in [4.69, 9.17) is 4.74 Å². The van der Waals surface area contributed by atoms with Gasteiger partial charge in [-0.05, 0) is 31.6 Å². The second-order valence-corrected chi connectivity index (χ2v) is 2.73. The fourth-order valence-electron chi connectivity index (χ4n) is 0.744. The Labute approximate surface area is 81.0 Å². The van der Waals surface area contributed by atoms with E-state index in [1.807, 2.05) is 19.1 Å². The van der Waals surface area contributed by atoms with Gasteiger partial charge in [-0.3, -0.25) is 0 Å². The quantitative estimate of drug-likeness (QED) is 0.502. The van der Waals surface area contributed by atoms with Crippen molar-refractivity contribution in [1.29, 1.82) is 0 Å². The number of allylic oxidation sites excluding steroid dienone is 4. The van der Waals surface area contributed by atoms with Crippen LogP contribution in [0.3, 0.4) is 0 Å². The molecule has 0 fully saturated rings. The molecule has 0 spiro atoms. The fraction of sp³-hybridized carbons (Fsp3) is 0.455. The van der Waals surface area contributed by atoms with Crippen LogP contribution in [0.15, 0.2) is 36.3 Å². The van der Waals surface area contributed by atoms with Crippen LogP contribution in [-0.4, -0.2) is 13.7 Å². The van der Waals surface area contributed by atoms with Crippen molar-refractivity contribution in [3.8, 4) is 0 Å². The van der Waals surface area contributed by atoms with Crippen molar-refractivity contribution in [2.75, 3.05) is 13.7 Å². The van der Waals surface area contributed by atoms with Crippen LogP contribution in [0.25, 0.3) is 0 Å². The normalized spacial score (nSPS) is 12.5. The van der Waals surface area contributed by atoms with Gasteiger partial charge in [0.25, 0.3) is 0 Å². The maximum absolute atomic E-state index is 5.00. The third-order valence-corrected chi connectivity index (χ3v) is 1.62. The molecule has 0 saturated carbocycles. The number of hydrogen-bond donors (Lipinski definition) is 1. The molecule has 0 aromatic carbocycles. The van der Waals surface area contributed by atoms with Crippen molar-refractivity contribution < 1.29 is 4.74 Å². The minimum absolute atomic E-state index is 0.887. The van der Waals surface area contributed by atoms with Gasteiger partial charge in [-0.2, -0.15) is 0 Å². The molecule has 0 aromatic rings. The molecule has 0 unspecified atom stereocenters. The molecule has 74 valence electrons. The van der Waals surface area contributed by atoms with Gasteiger partial charge in [-0.15, -0.1) is 0 Å². The first kappa shape index (κ1) is 11.8. The van der Waals surface area contributed by atoms with Gasteiger partial charge in [0.1, 0.15) is 0 Å². The largest absolute Gasteiger partial charge is 0.501 e. The molecule has 2 nitrogen and oxygen atoms in total. The zero-order valence-electron chi connectivity index (χ0n) is 8.76. The average Bonchev–Trinajstić information content (AvgIpc) is 2.17. The molecule has 0 saturated heterocycles. The predicted molar refractivity (Wildman–Crippen MR) is 57.3 cm³/mol. The Kier molecular flexibility index (Phi) is 6.79. The standard InChI is InChI=1S/C11H19NO/c1-5-9-12-11(6-2)8-7-10(3)13-4/h6-8,12H,2,5,9H2,1,3-4H3/b10-7+,11-8+.